The third-order valence-corrected chi connectivity index (χ3v) is 2.19. The van der Waals surface area contributed by atoms with E-state index in [0.717, 1.165) is 16.7 Å². The molecule has 2 rings (SSSR count). The van der Waals surface area contributed by atoms with E-state index >= 15 is 0 Å². The van der Waals surface area contributed by atoms with Crippen molar-refractivity contribution in [2.24, 2.45) is 0 Å². The highest BCUT2D eigenvalue weighted by Gasteiger charge is 2.15. The molecule has 1 aromatic carbocycles. The van der Waals surface area contributed by atoms with Crippen LogP contribution in [0.1, 0.15) is 11.3 Å². The molecular weight excluding hydrogens is 280 g/mol. The van der Waals surface area contributed by atoms with Gasteiger partial charge < -0.3 is 10.2 Å². The molecule has 7 nitrogen and oxygen atoms in total. The quantitative estimate of drug-likeness (QED) is 0.421. The second-order valence-corrected chi connectivity index (χ2v) is 4.51. The van der Waals surface area contributed by atoms with Crippen LogP contribution in [0.4, 0.5) is 0 Å². The Morgan fingerprint density at radius 1 is 0.947 bits per heavy atom. The van der Waals surface area contributed by atoms with Crippen LogP contribution in [0.5, 0.6) is 11.5 Å². The summed E-state index contributed by atoms with van der Waals surface area (Å²) in [5.41, 5.74) is 1.59. The lowest BCUT2D eigenvalue weighted by Gasteiger charge is -2.17. The van der Waals surface area contributed by atoms with E-state index in [-0.39, 0.29) is 11.5 Å². The van der Waals surface area contributed by atoms with Gasteiger partial charge in [-0.15, -0.1) is 10.2 Å². The molecule has 0 fully saturated rings. The number of hydrogen-bond donors (Lipinski definition) is 2. The fourth-order valence-electron chi connectivity index (χ4n) is 1.54. The van der Waals surface area contributed by atoms with Crippen molar-refractivity contribution in [2.75, 3.05) is 0 Å². The molecule has 19 heavy (non-hydrogen) atoms. The topological polar surface area (TPSA) is 144 Å². The van der Waals surface area contributed by atoms with Crippen molar-refractivity contribution >= 4 is 11.0 Å². The van der Waals surface area contributed by atoms with E-state index in [1.165, 1.54) is 12.1 Å². The molecular formula is C11H11ClO7. The van der Waals surface area contributed by atoms with E-state index in [1.54, 1.807) is 0 Å². The minimum Gasteiger partial charge on any atom is -0.504 e. The summed E-state index contributed by atoms with van der Waals surface area (Å²) < 4.78 is 39.4. The molecule has 1 aromatic heterocycles. The molecule has 2 N–H and O–H groups in total. The highest BCUT2D eigenvalue weighted by atomic mass is 35.7. The molecule has 0 aliphatic heterocycles. The normalized spacial score (nSPS) is 11.1. The average molecular weight is 291 g/mol. The maximum atomic E-state index is 9.32. The van der Waals surface area contributed by atoms with Gasteiger partial charge in [-0.2, -0.15) is 0 Å². The Labute approximate surface area is 110 Å². The van der Waals surface area contributed by atoms with Crippen molar-refractivity contribution in [3.05, 3.63) is 29.5 Å². The zero-order chi connectivity index (χ0) is 14.8. The summed E-state index contributed by atoms with van der Waals surface area (Å²) in [6.45, 7) is 3.78. The van der Waals surface area contributed by atoms with Gasteiger partial charge in [0.05, 0.1) is 18.4 Å². The van der Waals surface area contributed by atoms with Crippen molar-refractivity contribution in [3.8, 4) is 11.5 Å². The molecule has 0 aliphatic carbocycles. The van der Waals surface area contributed by atoms with Crippen LogP contribution in [0, 0.1) is 24.1 Å². The van der Waals surface area contributed by atoms with Crippen molar-refractivity contribution in [2.45, 2.75) is 13.8 Å². The molecule has 0 spiro atoms. The molecule has 0 saturated heterocycles. The molecule has 0 radical (unpaired) electrons. The highest BCUT2D eigenvalue weighted by Crippen LogP contribution is 2.32. The summed E-state index contributed by atoms with van der Waals surface area (Å²) in [4.78, 5) is 0. The number of phenolic OH excluding ortho intramolecular Hbond substituents is 2. The van der Waals surface area contributed by atoms with E-state index in [9.17, 15) is 10.2 Å². The number of phenols is 2. The molecule has 2 aromatic rings. The van der Waals surface area contributed by atoms with Gasteiger partial charge in [-0.25, -0.2) is 23.1 Å². The molecule has 8 heteroatoms. The van der Waals surface area contributed by atoms with Crippen LogP contribution < -0.4 is 18.6 Å². The predicted molar refractivity (Wildman–Crippen MR) is 53.4 cm³/mol. The summed E-state index contributed by atoms with van der Waals surface area (Å²) in [6, 6.07) is 4.81. The third kappa shape index (κ3) is 4.86. The fourth-order valence-corrected chi connectivity index (χ4v) is 1.54. The van der Waals surface area contributed by atoms with Crippen molar-refractivity contribution < 1.29 is 43.5 Å². The van der Waals surface area contributed by atoms with Crippen molar-refractivity contribution in [3.63, 3.8) is 0 Å². The maximum absolute atomic E-state index is 9.32. The number of aryl methyl sites for hydroxylation is 2. The highest BCUT2D eigenvalue weighted by molar-refractivity contribution is 5.83. The van der Waals surface area contributed by atoms with Gasteiger partial charge in [-0.05, 0) is 12.5 Å². The van der Waals surface area contributed by atoms with Gasteiger partial charge in [-0.1, -0.05) is 0 Å². The summed E-state index contributed by atoms with van der Waals surface area (Å²) >= 11 is 0. The second kappa shape index (κ2) is 5.55. The molecule has 0 saturated carbocycles. The Bertz CT molecular complexity index is 586. The van der Waals surface area contributed by atoms with Gasteiger partial charge in [0.1, 0.15) is 0 Å². The van der Waals surface area contributed by atoms with E-state index < -0.39 is 10.2 Å². The molecule has 0 amide bonds. The van der Waals surface area contributed by atoms with Gasteiger partial charge in [0.2, 0.25) is 0 Å². The number of hydrogen-bond acceptors (Lipinski definition) is 6. The number of rotatable bonds is 0. The number of fused-ring (bicyclic) bond motifs is 1. The molecule has 0 atom stereocenters. The van der Waals surface area contributed by atoms with Gasteiger partial charge in [0, 0.05) is 12.1 Å². The lowest BCUT2D eigenvalue weighted by Crippen LogP contribution is -2.68. The molecule has 0 unspecified atom stereocenters. The van der Waals surface area contributed by atoms with E-state index in [4.69, 9.17) is 23.1 Å². The lowest BCUT2D eigenvalue weighted by atomic mass is 10.1. The first-order valence-electron chi connectivity index (χ1n) is 4.95. The Morgan fingerprint density at radius 3 is 1.95 bits per heavy atom. The minimum atomic E-state index is -4.94. The van der Waals surface area contributed by atoms with Crippen LogP contribution in [-0.4, -0.2) is 10.2 Å². The minimum absolute atomic E-state index is 0.125. The monoisotopic (exact) mass is 290 g/mol. The smallest absolute Gasteiger partial charge is 0.364 e. The summed E-state index contributed by atoms with van der Waals surface area (Å²) in [5.74, 6) is 0.492. The fraction of sp³-hybridized carbons (Fsp3) is 0.182. The third-order valence-electron chi connectivity index (χ3n) is 2.19. The van der Waals surface area contributed by atoms with Crippen LogP contribution in [0.2, 0.25) is 0 Å². The molecule has 0 bridgehead atoms. The largest absolute Gasteiger partial charge is 0.504 e. The molecule has 1 heterocycles. The van der Waals surface area contributed by atoms with Crippen molar-refractivity contribution in [1.82, 2.24) is 0 Å². The zero-order valence-corrected chi connectivity index (χ0v) is 10.8. The standard InChI is InChI=1S/C11H10O3.ClHO4/c1-6-3-7(2)14-11-5-10(13)9(12)4-8(6)11;2-1(3,4)5/h3-5H,1-2H3,(H-,12,13);(H,2,3,4,5). The number of halogens is 1. The number of aromatic hydroxyl groups is 2. The van der Waals surface area contributed by atoms with Crippen molar-refractivity contribution in [1.29, 1.82) is 0 Å². The number of benzene rings is 1. The van der Waals surface area contributed by atoms with Crippen LogP contribution in [0.15, 0.2) is 22.6 Å². The van der Waals surface area contributed by atoms with Gasteiger partial charge in [0.15, 0.2) is 11.5 Å². The Kier molecular flexibility index (Phi) is 4.51. The zero-order valence-electron chi connectivity index (χ0n) is 10.0. The Morgan fingerprint density at radius 2 is 1.42 bits per heavy atom. The first-order valence-corrected chi connectivity index (χ1v) is 6.19. The van der Waals surface area contributed by atoms with E-state index in [2.05, 4.69) is 0 Å². The van der Waals surface area contributed by atoms with E-state index in [1.807, 2.05) is 19.9 Å². The molecule has 104 valence electrons. The van der Waals surface area contributed by atoms with Gasteiger partial charge in [0.25, 0.3) is 0 Å². The van der Waals surface area contributed by atoms with Crippen LogP contribution in [0.25, 0.3) is 11.0 Å². The second-order valence-electron chi connectivity index (χ2n) is 3.76. The van der Waals surface area contributed by atoms with Crippen LogP contribution in [0.3, 0.4) is 0 Å². The average Bonchev–Trinajstić information content (AvgIpc) is 2.18. The van der Waals surface area contributed by atoms with E-state index in [0.29, 0.717) is 5.58 Å². The van der Waals surface area contributed by atoms with Crippen LogP contribution in [-0.2, 0) is 0 Å². The first kappa shape index (κ1) is 15.4. The Hall–Kier alpha value is -1.64. The van der Waals surface area contributed by atoms with Gasteiger partial charge >= 0.3 is 11.3 Å². The SMILES string of the molecule is Cc1cc(C)c2cc(O)c(O)cc2[o+]1.[O-][Cl+3]([O-])([O-])[O-]. The summed E-state index contributed by atoms with van der Waals surface area (Å²) in [5, 5.41) is 19.4. The van der Waals surface area contributed by atoms with Crippen LogP contribution >= 0.6 is 0 Å². The summed E-state index contributed by atoms with van der Waals surface area (Å²) in [7, 11) is -4.94. The summed E-state index contributed by atoms with van der Waals surface area (Å²) in [6.07, 6.45) is 0. The molecule has 0 aliphatic rings. The van der Waals surface area contributed by atoms with Gasteiger partial charge in [-0.3, -0.25) is 0 Å². The predicted octanol–water partition coefficient (Wildman–Crippen LogP) is -2.01. The lowest BCUT2D eigenvalue weighted by molar-refractivity contribution is -2.00. The maximum Gasteiger partial charge on any atom is 0.364 e. The Balaban J connectivity index is 0.000000312. The first-order chi connectivity index (χ1) is 8.58.